The van der Waals surface area contributed by atoms with Crippen molar-refractivity contribution in [1.29, 1.82) is 5.26 Å². The number of hydrogen-bond donors (Lipinski definition) is 0. The zero-order valence-corrected chi connectivity index (χ0v) is 13.8. The van der Waals surface area contributed by atoms with E-state index in [-0.39, 0.29) is 11.8 Å². The van der Waals surface area contributed by atoms with E-state index in [1.165, 1.54) is 6.26 Å². The van der Waals surface area contributed by atoms with Crippen LogP contribution < -0.4 is 0 Å². The van der Waals surface area contributed by atoms with Crippen LogP contribution in [0.3, 0.4) is 0 Å². The molecule has 1 aliphatic rings. The van der Waals surface area contributed by atoms with Gasteiger partial charge in [-0.1, -0.05) is 30.3 Å². The van der Waals surface area contributed by atoms with E-state index in [1.54, 1.807) is 0 Å². The molecule has 2 rings (SSSR count). The zero-order valence-electron chi connectivity index (χ0n) is 13.0. The second kappa shape index (κ2) is 7.73. The van der Waals surface area contributed by atoms with Crippen molar-refractivity contribution in [3.05, 3.63) is 35.9 Å². The molecule has 6 heteroatoms. The minimum Gasteiger partial charge on any atom is -0.301 e. The molecular weight excluding hydrogens is 298 g/mol. The summed E-state index contributed by atoms with van der Waals surface area (Å²) in [6.45, 7) is 4.25. The summed E-state index contributed by atoms with van der Waals surface area (Å²) in [6, 6.07) is 12.1. The van der Waals surface area contributed by atoms with Gasteiger partial charge < -0.3 is 4.90 Å². The van der Waals surface area contributed by atoms with Crippen LogP contribution in [0, 0.1) is 11.3 Å². The minimum atomic E-state index is -2.87. The summed E-state index contributed by atoms with van der Waals surface area (Å²) in [5, 5.41) is 9.46. The van der Waals surface area contributed by atoms with E-state index in [2.05, 4.69) is 15.9 Å². The molecule has 22 heavy (non-hydrogen) atoms. The second-order valence-electron chi connectivity index (χ2n) is 5.80. The van der Waals surface area contributed by atoms with E-state index in [0.717, 1.165) is 38.3 Å². The molecule has 0 aromatic heterocycles. The lowest BCUT2D eigenvalue weighted by molar-refractivity contribution is 0.114. The van der Waals surface area contributed by atoms with Crippen LogP contribution in [0.5, 0.6) is 0 Å². The Labute approximate surface area is 133 Å². The van der Waals surface area contributed by atoms with Gasteiger partial charge in [0.1, 0.15) is 15.9 Å². The van der Waals surface area contributed by atoms with Crippen LogP contribution in [0.4, 0.5) is 0 Å². The largest absolute Gasteiger partial charge is 0.301 e. The molecule has 0 radical (unpaired) electrons. The molecule has 1 aliphatic heterocycles. The number of benzene rings is 1. The van der Waals surface area contributed by atoms with Crippen LogP contribution in [0.2, 0.25) is 0 Å². The van der Waals surface area contributed by atoms with Crippen LogP contribution in [0.25, 0.3) is 0 Å². The molecule has 1 aromatic carbocycles. The maximum absolute atomic E-state index is 11.1. The standard InChI is InChI=1S/C16H23N3O2S/c1-22(20,21)13-5-8-18-9-11-19(12-10-18)16(14-17)15-6-3-2-4-7-15/h2-4,6-7,16H,5,8-13H2,1H3/t16-/m1/s1. The van der Waals surface area contributed by atoms with Gasteiger partial charge in [0.25, 0.3) is 0 Å². The highest BCUT2D eigenvalue weighted by atomic mass is 32.2. The first-order valence-corrected chi connectivity index (χ1v) is 9.64. The molecule has 1 heterocycles. The predicted octanol–water partition coefficient (Wildman–Crippen LogP) is 1.30. The van der Waals surface area contributed by atoms with Gasteiger partial charge in [-0.2, -0.15) is 5.26 Å². The van der Waals surface area contributed by atoms with Gasteiger partial charge in [0.2, 0.25) is 0 Å². The Balaban J connectivity index is 1.83. The highest BCUT2D eigenvalue weighted by molar-refractivity contribution is 7.90. The average Bonchev–Trinajstić information content (AvgIpc) is 2.49. The number of nitrogens with zero attached hydrogens (tertiary/aromatic N) is 3. The molecule has 0 N–H and O–H groups in total. The Morgan fingerprint density at radius 1 is 1.18 bits per heavy atom. The Kier molecular flexibility index (Phi) is 5.95. The van der Waals surface area contributed by atoms with Crippen molar-refractivity contribution >= 4 is 9.84 Å². The molecule has 1 saturated heterocycles. The van der Waals surface area contributed by atoms with Gasteiger partial charge in [-0.05, 0) is 18.5 Å². The summed E-state index contributed by atoms with van der Waals surface area (Å²) in [7, 11) is -2.87. The fourth-order valence-corrected chi connectivity index (χ4v) is 3.45. The third-order valence-corrected chi connectivity index (χ3v) is 5.03. The maximum atomic E-state index is 11.1. The van der Waals surface area contributed by atoms with Crippen molar-refractivity contribution in [2.75, 3.05) is 44.7 Å². The van der Waals surface area contributed by atoms with Gasteiger partial charge in [-0.3, -0.25) is 4.90 Å². The molecule has 120 valence electrons. The summed E-state index contributed by atoms with van der Waals surface area (Å²) in [5.74, 6) is 0.248. The molecule has 0 aliphatic carbocycles. The number of sulfone groups is 1. The number of piperazine rings is 1. The van der Waals surface area contributed by atoms with Crippen LogP contribution in [-0.4, -0.2) is 63.0 Å². The number of nitriles is 1. The van der Waals surface area contributed by atoms with E-state index >= 15 is 0 Å². The summed E-state index contributed by atoms with van der Waals surface area (Å²) in [6.07, 6.45) is 1.96. The summed E-state index contributed by atoms with van der Waals surface area (Å²) in [5.41, 5.74) is 1.04. The van der Waals surface area contributed by atoms with Crippen molar-refractivity contribution in [3.63, 3.8) is 0 Å². The summed E-state index contributed by atoms with van der Waals surface area (Å²) >= 11 is 0. The molecule has 0 spiro atoms. The molecule has 1 atom stereocenters. The van der Waals surface area contributed by atoms with E-state index in [4.69, 9.17) is 0 Å². The number of hydrogen-bond acceptors (Lipinski definition) is 5. The van der Waals surface area contributed by atoms with Gasteiger partial charge >= 0.3 is 0 Å². The topological polar surface area (TPSA) is 64.4 Å². The quantitative estimate of drug-likeness (QED) is 0.790. The fraction of sp³-hybridized carbons (Fsp3) is 0.562. The van der Waals surface area contributed by atoms with Crippen LogP contribution >= 0.6 is 0 Å². The SMILES string of the molecule is CS(=O)(=O)CCCN1CCN([C@H](C#N)c2ccccc2)CC1. The third kappa shape index (κ3) is 5.09. The Bertz CT molecular complexity index is 602. The van der Waals surface area contributed by atoms with Crippen molar-refractivity contribution in [2.24, 2.45) is 0 Å². The maximum Gasteiger partial charge on any atom is 0.147 e. The van der Waals surface area contributed by atoms with Gasteiger partial charge in [0.15, 0.2) is 0 Å². The highest BCUT2D eigenvalue weighted by Gasteiger charge is 2.24. The highest BCUT2D eigenvalue weighted by Crippen LogP contribution is 2.21. The van der Waals surface area contributed by atoms with E-state index in [0.29, 0.717) is 6.42 Å². The molecule has 0 bridgehead atoms. The smallest absolute Gasteiger partial charge is 0.147 e. The lowest BCUT2D eigenvalue weighted by atomic mass is 10.1. The Morgan fingerprint density at radius 3 is 2.36 bits per heavy atom. The van der Waals surface area contributed by atoms with Gasteiger partial charge in [0.05, 0.1) is 11.8 Å². The normalized spacial score (nSPS) is 18.7. The molecule has 0 unspecified atom stereocenters. The lowest BCUT2D eigenvalue weighted by Crippen LogP contribution is -2.47. The Morgan fingerprint density at radius 2 is 1.82 bits per heavy atom. The van der Waals surface area contributed by atoms with E-state index in [1.807, 2.05) is 30.3 Å². The second-order valence-corrected chi connectivity index (χ2v) is 8.06. The third-order valence-electron chi connectivity index (χ3n) is 4.00. The fourth-order valence-electron chi connectivity index (χ4n) is 2.80. The van der Waals surface area contributed by atoms with Crippen LogP contribution in [-0.2, 0) is 9.84 Å². The lowest BCUT2D eigenvalue weighted by Gasteiger charge is -2.37. The van der Waals surface area contributed by atoms with Crippen molar-refractivity contribution in [2.45, 2.75) is 12.5 Å². The minimum absolute atomic E-state index is 0.195. The molecule has 1 fully saturated rings. The first kappa shape index (κ1) is 16.9. The average molecular weight is 321 g/mol. The molecule has 0 saturated carbocycles. The molecule has 5 nitrogen and oxygen atoms in total. The molecular formula is C16H23N3O2S. The summed E-state index contributed by atoms with van der Waals surface area (Å²) in [4.78, 5) is 4.48. The van der Waals surface area contributed by atoms with Gasteiger partial charge in [0, 0.05) is 32.4 Å². The van der Waals surface area contributed by atoms with Crippen LogP contribution in [0.1, 0.15) is 18.0 Å². The monoisotopic (exact) mass is 321 g/mol. The van der Waals surface area contributed by atoms with Gasteiger partial charge in [-0.15, -0.1) is 0 Å². The van der Waals surface area contributed by atoms with Gasteiger partial charge in [-0.25, -0.2) is 8.42 Å². The first-order valence-electron chi connectivity index (χ1n) is 7.58. The predicted molar refractivity (Wildman–Crippen MR) is 87.1 cm³/mol. The van der Waals surface area contributed by atoms with Crippen molar-refractivity contribution in [1.82, 2.24) is 9.80 Å². The van der Waals surface area contributed by atoms with E-state index in [9.17, 15) is 13.7 Å². The Hall–Kier alpha value is -1.42. The van der Waals surface area contributed by atoms with Crippen molar-refractivity contribution in [3.8, 4) is 6.07 Å². The first-order chi connectivity index (χ1) is 10.5. The number of rotatable bonds is 6. The van der Waals surface area contributed by atoms with E-state index < -0.39 is 9.84 Å². The van der Waals surface area contributed by atoms with Crippen molar-refractivity contribution < 1.29 is 8.42 Å². The summed E-state index contributed by atoms with van der Waals surface area (Å²) < 4.78 is 22.3. The van der Waals surface area contributed by atoms with Crippen LogP contribution in [0.15, 0.2) is 30.3 Å². The molecule has 0 amide bonds. The molecule has 1 aromatic rings. The zero-order chi connectivity index (χ0) is 16.0.